The zero-order chi connectivity index (χ0) is 15.0. The van der Waals surface area contributed by atoms with E-state index in [1.54, 1.807) is 11.3 Å². The number of thiophene rings is 1. The van der Waals surface area contributed by atoms with Gasteiger partial charge in [-0.2, -0.15) is 11.3 Å². The topological polar surface area (TPSA) is 32.7 Å². The third-order valence-electron chi connectivity index (χ3n) is 3.10. The summed E-state index contributed by atoms with van der Waals surface area (Å²) in [5.41, 5.74) is 1.33. The Labute approximate surface area is 127 Å². The van der Waals surface area contributed by atoms with Gasteiger partial charge in [0.05, 0.1) is 18.8 Å². The van der Waals surface area contributed by atoms with E-state index in [9.17, 15) is 5.11 Å². The molecule has 1 unspecified atom stereocenters. The van der Waals surface area contributed by atoms with Crippen LogP contribution in [0.2, 0.25) is 0 Å². The summed E-state index contributed by atoms with van der Waals surface area (Å²) in [6.07, 6.45) is 0.913. The molecule has 116 valence electrons. The molecule has 0 saturated heterocycles. The Balaban J connectivity index is 2.44. The van der Waals surface area contributed by atoms with Gasteiger partial charge in [0.1, 0.15) is 0 Å². The summed E-state index contributed by atoms with van der Waals surface area (Å²) >= 11 is 1.73. The Morgan fingerprint density at radius 2 is 2.05 bits per heavy atom. The number of nitrogens with zero attached hydrogens (tertiary/aromatic N) is 1. The SMILES string of the molecule is CC(C)CCN(Cc1ccsc1)CC(O)COC(C)C. The third-order valence-corrected chi connectivity index (χ3v) is 3.83. The second-order valence-corrected chi connectivity index (χ2v) is 6.87. The highest BCUT2D eigenvalue weighted by molar-refractivity contribution is 7.07. The summed E-state index contributed by atoms with van der Waals surface area (Å²) in [5, 5.41) is 14.4. The molecule has 0 radical (unpaired) electrons. The Morgan fingerprint density at radius 1 is 1.30 bits per heavy atom. The summed E-state index contributed by atoms with van der Waals surface area (Å²) in [6.45, 7) is 11.5. The van der Waals surface area contributed by atoms with Crippen molar-refractivity contribution >= 4 is 11.3 Å². The second-order valence-electron chi connectivity index (χ2n) is 6.09. The molecule has 1 rings (SSSR count). The van der Waals surface area contributed by atoms with Gasteiger partial charge >= 0.3 is 0 Å². The lowest BCUT2D eigenvalue weighted by atomic mass is 10.1. The number of ether oxygens (including phenoxy) is 1. The van der Waals surface area contributed by atoms with Crippen molar-refractivity contribution in [2.24, 2.45) is 5.92 Å². The highest BCUT2D eigenvalue weighted by Crippen LogP contribution is 2.12. The zero-order valence-corrected chi connectivity index (χ0v) is 14.0. The maximum Gasteiger partial charge on any atom is 0.0900 e. The van der Waals surface area contributed by atoms with E-state index in [0.717, 1.165) is 19.5 Å². The average Bonchev–Trinajstić information content (AvgIpc) is 2.86. The van der Waals surface area contributed by atoms with E-state index < -0.39 is 6.10 Å². The molecule has 3 nitrogen and oxygen atoms in total. The molecule has 0 aliphatic heterocycles. The van der Waals surface area contributed by atoms with Crippen molar-refractivity contribution < 1.29 is 9.84 Å². The molecule has 0 spiro atoms. The van der Waals surface area contributed by atoms with Crippen LogP contribution in [0.15, 0.2) is 16.8 Å². The predicted molar refractivity (Wildman–Crippen MR) is 86.1 cm³/mol. The fourth-order valence-electron chi connectivity index (χ4n) is 1.97. The second kappa shape index (κ2) is 9.50. The van der Waals surface area contributed by atoms with Crippen LogP contribution in [-0.2, 0) is 11.3 Å². The molecule has 0 aliphatic carbocycles. The van der Waals surface area contributed by atoms with Crippen LogP contribution < -0.4 is 0 Å². The van der Waals surface area contributed by atoms with Crippen molar-refractivity contribution in [3.8, 4) is 0 Å². The Kier molecular flexibility index (Phi) is 8.38. The van der Waals surface area contributed by atoms with Crippen LogP contribution in [0, 0.1) is 5.92 Å². The van der Waals surface area contributed by atoms with Crippen molar-refractivity contribution in [1.82, 2.24) is 4.90 Å². The predicted octanol–water partition coefficient (Wildman–Crippen LogP) is 3.38. The Morgan fingerprint density at radius 3 is 2.60 bits per heavy atom. The number of aliphatic hydroxyl groups is 1. The van der Waals surface area contributed by atoms with Crippen LogP contribution >= 0.6 is 11.3 Å². The molecule has 1 N–H and O–H groups in total. The summed E-state index contributed by atoms with van der Waals surface area (Å²) in [5.74, 6) is 0.684. The molecular weight excluding hydrogens is 270 g/mol. The van der Waals surface area contributed by atoms with Crippen LogP contribution in [0.3, 0.4) is 0 Å². The molecule has 0 bridgehead atoms. The van der Waals surface area contributed by atoms with Crippen molar-refractivity contribution in [3.05, 3.63) is 22.4 Å². The molecule has 0 fully saturated rings. The molecule has 0 aromatic carbocycles. The first kappa shape index (κ1) is 17.6. The van der Waals surface area contributed by atoms with Crippen LogP contribution in [0.4, 0.5) is 0 Å². The van der Waals surface area contributed by atoms with Gasteiger partial charge in [-0.25, -0.2) is 0 Å². The largest absolute Gasteiger partial charge is 0.389 e. The van der Waals surface area contributed by atoms with Gasteiger partial charge in [-0.15, -0.1) is 0 Å². The first-order valence-electron chi connectivity index (χ1n) is 7.50. The lowest BCUT2D eigenvalue weighted by Gasteiger charge is -2.26. The van der Waals surface area contributed by atoms with Crippen LogP contribution in [0.25, 0.3) is 0 Å². The molecule has 1 aromatic rings. The van der Waals surface area contributed by atoms with E-state index in [2.05, 4.69) is 35.6 Å². The van der Waals surface area contributed by atoms with Gasteiger partial charge in [-0.05, 0) is 55.1 Å². The van der Waals surface area contributed by atoms with E-state index in [4.69, 9.17) is 4.74 Å². The first-order chi connectivity index (χ1) is 9.47. The van der Waals surface area contributed by atoms with Gasteiger partial charge < -0.3 is 9.84 Å². The van der Waals surface area contributed by atoms with Crippen LogP contribution in [0.1, 0.15) is 39.7 Å². The fourth-order valence-corrected chi connectivity index (χ4v) is 2.63. The normalized spacial score (nSPS) is 13.6. The highest BCUT2D eigenvalue weighted by Gasteiger charge is 2.14. The summed E-state index contributed by atoms with van der Waals surface area (Å²) in [6, 6.07) is 2.16. The van der Waals surface area contributed by atoms with E-state index in [0.29, 0.717) is 19.1 Å². The van der Waals surface area contributed by atoms with Gasteiger partial charge in [-0.1, -0.05) is 13.8 Å². The highest BCUT2D eigenvalue weighted by atomic mass is 32.1. The van der Waals surface area contributed by atoms with Crippen molar-refractivity contribution in [2.45, 2.75) is 52.9 Å². The molecule has 4 heteroatoms. The standard InChI is InChI=1S/C16H29NO2S/c1-13(2)5-7-17(9-15-6-8-20-12-15)10-16(18)11-19-14(3)4/h6,8,12-14,16,18H,5,7,9-11H2,1-4H3. The number of aliphatic hydroxyl groups excluding tert-OH is 1. The van der Waals surface area contributed by atoms with Gasteiger partial charge in [0.2, 0.25) is 0 Å². The maximum atomic E-state index is 10.1. The van der Waals surface area contributed by atoms with Crippen LogP contribution in [-0.4, -0.2) is 41.9 Å². The number of hydrogen-bond donors (Lipinski definition) is 1. The van der Waals surface area contributed by atoms with Crippen LogP contribution in [0.5, 0.6) is 0 Å². The van der Waals surface area contributed by atoms with Crippen molar-refractivity contribution in [2.75, 3.05) is 19.7 Å². The van der Waals surface area contributed by atoms with E-state index in [-0.39, 0.29) is 6.10 Å². The monoisotopic (exact) mass is 299 g/mol. The van der Waals surface area contributed by atoms with E-state index in [1.807, 2.05) is 13.8 Å². The summed E-state index contributed by atoms with van der Waals surface area (Å²) in [4.78, 5) is 2.33. The number of hydrogen-bond acceptors (Lipinski definition) is 4. The smallest absolute Gasteiger partial charge is 0.0900 e. The number of rotatable bonds is 10. The zero-order valence-electron chi connectivity index (χ0n) is 13.2. The first-order valence-corrected chi connectivity index (χ1v) is 8.44. The average molecular weight is 299 g/mol. The van der Waals surface area contributed by atoms with Crippen molar-refractivity contribution in [3.63, 3.8) is 0 Å². The van der Waals surface area contributed by atoms with E-state index >= 15 is 0 Å². The fraction of sp³-hybridized carbons (Fsp3) is 0.750. The molecule has 1 heterocycles. The minimum atomic E-state index is -0.414. The third kappa shape index (κ3) is 8.00. The molecule has 0 amide bonds. The lowest BCUT2D eigenvalue weighted by molar-refractivity contribution is -0.00996. The van der Waals surface area contributed by atoms with E-state index in [1.165, 1.54) is 5.56 Å². The Hall–Kier alpha value is -0.420. The van der Waals surface area contributed by atoms with Gasteiger partial charge in [0.15, 0.2) is 0 Å². The molecule has 1 aromatic heterocycles. The molecule has 0 aliphatic rings. The van der Waals surface area contributed by atoms with Gasteiger partial charge in [-0.3, -0.25) is 4.90 Å². The quantitative estimate of drug-likeness (QED) is 0.719. The molecule has 0 saturated carbocycles. The lowest BCUT2D eigenvalue weighted by Crippen LogP contribution is -2.36. The minimum Gasteiger partial charge on any atom is -0.389 e. The minimum absolute atomic E-state index is 0.172. The van der Waals surface area contributed by atoms with Crippen molar-refractivity contribution in [1.29, 1.82) is 0 Å². The van der Waals surface area contributed by atoms with Gasteiger partial charge in [0, 0.05) is 13.1 Å². The van der Waals surface area contributed by atoms with Gasteiger partial charge in [0.25, 0.3) is 0 Å². The summed E-state index contributed by atoms with van der Waals surface area (Å²) < 4.78 is 5.49. The Bertz CT molecular complexity index is 338. The molecule has 1 atom stereocenters. The molecule has 20 heavy (non-hydrogen) atoms. The summed E-state index contributed by atoms with van der Waals surface area (Å²) in [7, 11) is 0. The maximum absolute atomic E-state index is 10.1. The molecular formula is C16H29NO2S.